The second kappa shape index (κ2) is 4.78. The molecule has 0 aliphatic carbocycles. The molecule has 1 heterocycles. The highest BCUT2D eigenvalue weighted by Crippen LogP contribution is 2.39. The normalized spacial score (nSPS) is 31.8. The van der Waals surface area contributed by atoms with Gasteiger partial charge in [0.05, 0.1) is 13.0 Å². The molecule has 0 spiro atoms. The van der Waals surface area contributed by atoms with E-state index in [2.05, 4.69) is 19.2 Å². The van der Waals surface area contributed by atoms with Gasteiger partial charge in [0.2, 0.25) is 0 Å². The number of esters is 1. The SMILES string of the molecule is CCCC1(CC)CNCC1C(=O)OC. The van der Waals surface area contributed by atoms with Crippen molar-refractivity contribution in [1.29, 1.82) is 0 Å². The molecule has 1 aliphatic rings. The van der Waals surface area contributed by atoms with Crippen molar-refractivity contribution in [3.8, 4) is 0 Å². The van der Waals surface area contributed by atoms with Crippen LogP contribution in [0.1, 0.15) is 33.1 Å². The summed E-state index contributed by atoms with van der Waals surface area (Å²) in [6.45, 7) is 6.07. The van der Waals surface area contributed by atoms with E-state index >= 15 is 0 Å². The number of ether oxygens (including phenoxy) is 1. The number of rotatable bonds is 4. The topological polar surface area (TPSA) is 38.3 Å². The number of hydrogen-bond donors (Lipinski definition) is 1. The maximum absolute atomic E-state index is 11.6. The molecule has 1 aliphatic heterocycles. The lowest BCUT2D eigenvalue weighted by atomic mass is 9.72. The minimum Gasteiger partial charge on any atom is -0.469 e. The fraction of sp³-hybridized carbons (Fsp3) is 0.909. The average molecular weight is 199 g/mol. The Balaban J connectivity index is 2.77. The molecule has 0 aromatic carbocycles. The zero-order chi connectivity index (χ0) is 10.6. The van der Waals surface area contributed by atoms with Gasteiger partial charge in [0, 0.05) is 13.1 Å². The maximum atomic E-state index is 11.6. The van der Waals surface area contributed by atoms with E-state index in [9.17, 15) is 4.79 Å². The molecule has 0 saturated carbocycles. The summed E-state index contributed by atoms with van der Waals surface area (Å²) in [4.78, 5) is 11.6. The lowest BCUT2D eigenvalue weighted by Crippen LogP contribution is -2.35. The third-order valence-corrected chi connectivity index (χ3v) is 3.50. The minimum absolute atomic E-state index is 0.0506. The largest absolute Gasteiger partial charge is 0.469 e. The highest BCUT2D eigenvalue weighted by atomic mass is 16.5. The van der Waals surface area contributed by atoms with Crippen LogP contribution in [0.2, 0.25) is 0 Å². The van der Waals surface area contributed by atoms with Crippen molar-refractivity contribution in [1.82, 2.24) is 5.32 Å². The van der Waals surface area contributed by atoms with Gasteiger partial charge in [-0.1, -0.05) is 20.3 Å². The summed E-state index contributed by atoms with van der Waals surface area (Å²) in [5, 5.41) is 3.31. The van der Waals surface area contributed by atoms with Gasteiger partial charge < -0.3 is 10.1 Å². The van der Waals surface area contributed by atoms with Gasteiger partial charge in [0.25, 0.3) is 0 Å². The predicted octanol–water partition coefficient (Wildman–Crippen LogP) is 1.58. The molecule has 82 valence electrons. The van der Waals surface area contributed by atoms with E-state index in [1.54, 1.807) is 0 Å². The number of methoxy groups -OCH3 is 1. The Morgan fingerprint density at radius 1 is 1.57 bits per heavy atom. The molecular formula is C11H21NO2. The Kier molecular flexibility index (Phi) is 3.93. The van der Waals surface area contributed by atoms with Crippen LogP contribution in [0.15, 0.2) is 0 Å². The van der Waals surface area contributed by atoms with Gasteiger partial charge in [0.15, 0.2) is 0 Å². The first kappa shape index (κ1) is 11.5. The van der Waals surface area contributed by atoms with Gasteiger partial charge in [-0.2, -0.15) is 0 Å². The van der Waals surface area contributed by atoms with Gasteiger partial charge in [-0.15, -0.1) is 0 Å². The van der Waals surface area contributed by atoms with Gasteiger partial charge in [-0.25, -0.2) is 0 Å². The molecule has 2 atom stereocenters. The van der Waals surface area contributed by atoms with Gasteiger partial charge in [0.1, 0.15) is 0 Å². The number of nitrogens with one attached hydrogen (secondary N) is 1. The zero-order valence-corrected chi connectivity index (χ0v) is 9.43. The predicted molar refractivity (Wildman–Crippen MR) is 56.0 cm³/mol. The maximum Gasteiger partial charge on any atom is 0.310 e. The van der Waals surface area contributed by atoms with Gasteiger partial charge in [-0.05, 0) is 18.3 Å². The van der Waals surface area contributed by atoms with Crippen LogP contribution in [0.3, 0.4) is 0 Å². The van der Waals surface area contributed by atoms with Gasteiger partial charge >= 0.3 is 5.97 Å². The van der Waals surface area contributed by atoms with Crippen molar-refractivity contribution in [3.05, 3.63) is 0 Å². The smallest absolute Gasteiger partial charge is 0.310 e. The molecular weight excluding hydrogens is 178 g/mol. The molecule has 3 nitrogen and oxygen atoms in total. The van der Waals surface area contributed by atoms with Gasteiger partial charge in [-0.3, -0.25) is 4.79 Å². The summed E-state index contributed by atoms with van der Waals surface area (Å²) < 4.78 is 4.86. The number of hydrogen-bond acceptors (Lipinski definition) is 3. The molecule has 1 fully saturated rings. The highest BCUT2D eigenvalue weighted by molar-refractivity contribution is 5.74. The van der Waals surface area contributed by atoms with E-state index in [1.807, 2.05) is 0 Å². The Hall–Kier alpha value is -0.570. The zero-order valence-electron chi connectivity index (χ0n) is 9.43. The molecule has 1 saturated heterocycles. The minimum atomic E-state index is -0.0506. The average Bonchev–Trinajstić information content (AvgIpc) is 2.62. The molecule has 0 radical (unpaired) electrons. The van der Waals surface area contributed by atoms with Crippen LogP contribution in [0.4, 0.5) is 0 Å². The van der Waals surface area contributed by atoms with E-state index < -0.39 is 0 Å². The van der Waals surface area contributed by atoms with Crippen LogP contribution in [-0.4, -0.2) is 26.2 Å². The molecule has 0 aromatic rings. The molecule has 1 N–H and O–H groups in total. The summed E-state index contributed by atoms with van der Waals surface area (Å²) >= 11 is 0. The summed E-state index contributed by atoms with van der Waals surface area (Å²) in [7, 11) is 1.48. The molecule has 14 heavy (non-hydrogen) atoms. The van der Waals surface area contributed by atoms with E-state index in [-0.39, 0.29) is 17.3 Å². The van der Waals surface area contributed by atoms with Crippen LogP contribution in [0, 0.1) is 11.3 Å². The Bertz CT molecular complexity index is 205. The molecule has 1 rings (SSSR count). The van der Waals surface area contributed by atoms with Crippen LogP contribution in [0.25, 0.3) is 0 Å². The molecule has 0 aromatic heterocycles. The van der Waals surface area contributed by atoms with Crippen molar-refractivity contribution in [3.63, 3.8) is 0 Å². The van der Waals surface area contributed by atoms with Crippen LogP contribution in [-0.2, 0) is 9.53 Å². The summed E-state index contributed by atoms with van der Waals surface area (Å²) in [5.41, 5.74) is 0.141. The monoisotopic (exact) mass is 199 g/mol. The number of carbonyl (C=O) groups is 1. The summed E-state index contributed by atoms with van der Waals surface area (Å²) in [6, 6.07) is 0. The van der Waals surface area contributed by atoms with Crippen molar-refractivity contribution in [2.24, 2.45) is 11.3 Å². The van der Waals surface area contributed by atoms with E-state index in [4.69, 9.17) is 4.74 Å². The quantitative estimate of drug-likeness (QED) is 0.698. The second-order valence-corrected chi connectivity index (χ2v) is 4.17. The first-order chi connectivity index (χ1) is 6.70. The van der Waals surface area contributed by atoms with Crippen molar-refractivity contribution >= 4 is 5.97 Å². The van der Waals surface area contributed by atoms with Crippen LogP contribution in [0.5, 0.6) is 0 Å². The highest BCUT2D eigenvalue weighted by Gasteiger charge is 2.45. The second-order valence-electron chi connectivity index (χ2n) is 4.17. The van der Waals surface area contributed by atoms with E-state index in [0.29, 0.717) is 0 Å². The molecule has 2 unspecified atom stereocenters. The Morgan fingerprint density at radius 2 is 2.29 bits per heavy atom. The lowest BCUT2D eigenvalue weighted by molar-refractivity contribution is -0.148. The lowest BCUT2D eigenvalue weighted by Gasteiger charge is -2.31. The molecule has 0 amide bonds. The molecule has 0 bridgehead atoms. The van der Waals surface area contributed by atoms with Crippen LogP contribution < -0.4 is 5.32 Å². The fourth-order valence-corrected chi connectivity index (χ4v) is 2.59. The third kappa shape index (κ3) is 1.92. The van der Waals surface area contributed by atoms with Crippen molar-refractivity contribution in [2.75, 3.05) is 20.2 Å². The standard InChI is InChI=1S/C11H21NO2/c1-4-6-11(5-2)8-12-7-9(11)10(13)14-3/h9,12H,4-8H2,1-3H3. The first-order valence-electron chi connectivity index (χ1n) is 5.48. The van der Waals surface area contributed by atoms with E-state index in [0.717, 1.165) is 32.4 Å². The summed E-state index contributed by atoms with van der Waals surface area (Å²) in [6.07, 6.45) is 3.28. The number of carbonyl (C=O) groups excluding carboxylic acids is 1. The first-order valence-corrected chi connectivity index (χ1v) is 5.48. The Morgan fingerprint density at radius 3 is 2.79 bits per heavy atom. The van der Waals surface area contributed by atoms with Crippen LogP contribution >= 0.6 is 0 Å². The Labute approximate surface area is 86.2 Å². The third-order valence-electron chi connectivity index (χ3n) is 3.50. The van der Waals surface area contributed by atoms with E-state index in [1.165, 1.54) is 7.11 Å². The van der Waals surface area contributed by atoms with Crippen molar-refractivity contribution in [2.45, 2.75) is 33.1 Å². The van der Waals surface area contributed by atoms with Crippen molar-refractivity contribution < 1.29 is 9.53 Å². The fourth-order valence-electron chi connectivity index (χ4n) is 2.59. The summed E-state index contributed by atoms with van der Waals surface area (Å²) in [5.74, 6) is 0.00255. The molecule has 3 heteroatoms.